The number of nitrogens with zero attached hydrogens (tertiary/aromatic N) is 5. The summed E-state index contributed by atoms with van der Waals surface area (Å²) in [6, 6.07) is 1.90. The monoisotopic (exact) mass is 412 g/mol. The predicted octanol–water partition coefficient (Wildman–Crippen LogP) is 1.72. The molecule has 10 heteroatoms. The van der Waals surface area contributed by atoms with Crippen LogP contribution in [0, 0.1) is 0 Å². The average molecular weight is 412 g/mol. The Kier molecular flexibility index (Phi) is 4.55. The van der Waals surface area contributed by atoms with Crippen molar-refractivity contribution in [3.63, 3.8) is 0 Å². The van der Waals surface area contributed by atoms with Gasteiger partial charge in [-0.2, -0.15) is 5.10 Å². The Bertz CT molecular complexity index is 1050. The zero-order chi connectivity index (χ0) is 19.8. The summed E-state index contributed by atoms with van der Waals surface area (Å²) in [6.07, 6.45) is 6.29. The first-order valence-corrected chi connectivity index (χ1v) is 10.3. The van der Waals surface area contributed by atoms with Gasteiger partial charge < -0.3 is 19.7 Å². The standard InChI is InChI=1S/C19H20N6O3S/c1-24-9-12(8-21-24)14-2-4-20-19(23-14)25-5-3-13(10-25)22-18(26)17-16-15(11-29-17)27-6-7-28-16/h2,4,8-9,11,13H,3,5-7,10H2,1H3,(H,22,26). The van der Waals surface area contributed by atoms with Crippen molar-refractivity contribution in [1.82, 2.24) is 25.1 Å². The van der Waals surface area contributed by atoms with Crippen LogP contribution in [0.15, 0.2) is 30.0 Å². The maximum Gasteiger partial charge on any atom is 0.265 e. The molecule has 1 fully saturated rings. The summed E-state index contributed by atoms with van der Waals surface area (Å²) in [7, 11) is 1.88. The number of nitrogens with one attached hydrogen (secondary N) is 1. The molecular formula is C19H20N6O3S. The molecule has 0 aromatic carbocycles. The number of aryl methyl sites for hydroxylation is 1. The molecule has 150 valence electrons. The van der Waals surface area contributed by atoms with Crippen molar-refractivity contribution in [3.05, 3.63) is 34.9 Å². The summed E-state index contributed by atoms with van der Waals surface area (Å²) in [5.41, 5.74) is 1.78. The lowest BCUT2D eigenvalue weighted by Gasteiger charge is -2.18. The molecule has 0 radical (unpaired) electrons. The van der Waals surface area contributed by atoms with Crippen LogP contribution in [0.2, 0.25) is 0 Å². The Morgan fingerprint density at radius 3 is 3.10 bits per heavy atom. The molecule has 1 saturated heterocycles. The van der Waals surface area contributed by atoms with Gasteiger partial charge in [0.25, 0.3) is 5.91 Å². The van der Waals surface area contributed by atoms with Gasteiger partial charge in [0.05, 0.1) is 11.9 Å². The highest BCUT2D eigenvalue weighted by molar-refractivity contribution is 7.12. The number of rotatable bonds is 4. The lowest BCUT2D eigenvalue weighted by Crippen LogP contribution is -2.37. The predicted molar refractivity (Wildman–Crippen MR) is 108 cm³/mol. The first kappa shape index (κ1) is 17.9. The van der Waals surface area contributed by atoms with Gasteiger partial charge in [-0.25, -0.2) is 9.97 Å². The first-order chi connectivity index (χ1) is 14.2. The van der Waals surface area contributed by atoms with E-state index in [-0.39, 0.29) is 11.9 Å². The minimum Gasteiger partial charge on any atom is -0.485 e. The number of fused-ring (bicyclic) bond motifs is 1. The van der Waals surface area contributed by atoms with Crippen molar-refractivity contribution in [2.75, 3.05) is 31.2 Å². The van der Waals surface area contributed by atoms with E-state index < -0.39 is 0 Å². The van der Waals surface area contributed by atoms with Gasteiger partial charge in [0.1, 0.15) is 18.1 Å². The number of aromatic nitrogens is 4. The highest BCUT2D eigenvalue weighted by atomic mass is 32.1. The third-order valence-corrected chi connectivity index (χ3v) is 5.90. The highest BCUT2D eigenvalue weighted by Gasteiger charge is 2.29. The number of hydrogen-bond donors (Lipinski definition) is 1. The van der Waals surface area contributed by atoms with Gasteiger partial charge in [-0.15, -0.1) is 11.3 Å². The van der Waals surface area contributed by atoms with Crippen LogP contribution in [0.3, 0.4) is 0 Å². The molecule has 9 nitrogen and oxygen atoms in total. The Morgan fingerprint density at radius 2 is 2.24 bits per heavy atom. The Hall–Kier alpha value is -3.14. The molecule has 5 heterocycles. The third-order valence-electron chi connectivity index (χ3n) is 4.96. The molecule has 3 aromatic heterocycles. The van der Waals surface area contributed by atoms with Crippen LogP contribution in [0.4, 0.5) is 5.95 Å². The molecule has 2 aliphatic rings. The SMILES string of the molecule is Cn1cc(-c2ccnc(N3CCC(NC(=O)c4scc5c4OCCO5)C3)n2)cn1. The van der Waals surface area contributed by atoms with Crippen LogP contribution in [0.5, 0.6) is 11.5 Å². The van der Waals surface area contributed by atoms with E-state index in [0.717, 1.165) is 24.2 Å². The molecule has 0 aliphatic carbocycles. The van der Waals surface area contributed by atoms with Gasteiger partial charge in [0.15, 0.2) is 11.5 Å². The van der Waals surface area contributed by atoms with Gasteiger partial charge in [-0.05, 0) is 12.5 Å². The quantitative estimate of drug-likeness (QED) is 0.697. The number of thiophene rings is 1. The smallest absolute Gasteiger partial charge is 0.265 e. The molecule has 0 spiro atoms. The minimum absolute atomic E-state index is 0.0235. The fourth-order valence-electron chi connectivity index (χ4n) is 3.55. The van der Waals surface area contributed by atoms with E-state index >= 15 is 0 Å². The van der Waals surface area contributed by atoms with Gasteiger partial charge >= 0.3 is 0 Å². The summed E-state index contributed by atoms with van der Waals surface area (Å²) in [6.45, 7) is 2.42. The molecule has 3 aromatic rings. The molecule has 1 N–H and O–H groups in total. The van der Waals surface area contributed by atoms with E-state index in [1.54, 1.807) is 17.1 Å². The fraction of sp³-hybridized carbons (Fsp3) is 0.368. The van der Waals surface area contributed by atoms with Gasteiger partial charge in [-0.1, -0.05) is 0 Å². The number of amides is 1. The summed E-state index contributed by atoms with van der Waals surface area (Å²) in [5.74, 6) is 1.74. The topological polar surface area (TPSA) is 94.4 Å². The fourth-order valence-corrected chi connectivity index (χ4v) is 4.38. The van der Waals surface area contributed by atoms with Gasteiger partial charge in [-0.3, -0.25) is 9.48 Å². The number of carbonyl (C=O) groups excluding carboxylic acids is 1. The van der Waals surface area contributed by atoms with Crippen LogP contribution in [-0.2, 0) is 7.05 Å². The molecule has 29 heavy (non-hydrogen) atoms. The third kappa shape index (κ3) is 3.51. The van der Waals surface area contributed by atoms with Crippen LogP contribution in [0.25, 0.3) is 11.3 Å². The summed E-state index contributed by atoms with van der Waals surface area (Å²) < 4.78 is 12.9. The second-order valence-corrected chi connectivity index (χ2v) is 7.88. The molecule has 0 bridgehead atoms. The van der Waals surface area contributed by atoms with E-state index in [0.29, 0.717) is 42.1 Å². The normalized spacial score (nSPS) is 18.1. The molecular weight excluding hydrogens is 392 g/mol. The number of hydrogen-bond acceptors (Lipinski definition) is 8. The van der Waals surface area contributed by atoms with Gasteiger partial charge in [0, 0.05) is 49.5 Å². The van der Waals surface area contributed by atoms with Gasteiger partial charge in [0.2, 0.25) is 5.95 Å². The van der Waals surface area contributed by atoms with Crippen molar-refractivity contribution in [2.45, 2.75) is 12.5 Å². The average Bonchev–Trinajstić information content (AvgIpc) is 3.47. The minimum atomic E-state index is -0.126. The molecule has 1 unspecified atom stereocenters. The van der Waals surface area contributed by atoms with E-state index in [1.807, 2.05) is 24.7 Å². The number of carbonyl (C=O) groups is 1. The van der Waals surface area contributed by atoms with Crippen LogP contribution >= 0.6 is 11.3 Å². The van der Waals surface area contributed by atoms with Crippen LogP contribution < -0.4 is 19.7 Å². The lowest BCUT2D eigenvalue weighted by molar-refractivity contribution is 0.0935. The number of ether oxygens (including phenoxy) is 2. The van der Waals surface area contributed by atoms with Crippen molar-refractivity contribution in [3.8, 4) is 22.8 Å². The maximum atomic E-state index is 12.7. The van der Waals surface area contributed by atoms with Crippen molar-refractivity contribution < 1.29 is 14.3 Å². The zero-order valence-electron chi connectivity index (χ0n) is 15.9. The van der Waals surface area contributed by atoms with Crippen molar-refractivity contribution in [1.29, 1.82) is 0 Å². The molecule has 5 rings (SSSR count). The van der Waals surface area contributed by atoms with Crippen molar-refractivity contribution in [2.24, 2.45) is 7.05 Å². The van der Waals surface area contributed by atoms with E-state index in [2.05, 4.69) is 25.3 Å². The first-order valence-electron chi connectivity index (χ1n) is 9.42. The summed E-state index contributed by atoms with van der Waals surface area (Å²) in [5, 5.41) is 9.12. The van der Waals surface area contributed by atoms with Crippen LogP contribution in [-0.4, -0.2) is 58.0 Å². The molecule has 1 atom stereocenters. The Morgan fingerprint density at radius 1 is 1.34 bits per heavy atom. The van der Waals surface area contributed by atoms with E-state index in [1.165, 1.54) is 11.3 Å². The highest BCUT2D eigenvalue weighted by Crippen LogP contribution is 2.39. The number of anilines is 1. The van der Waals surface area contributed by atoms with Crippen molar-refractivity contribution >= 4 is 23.2 Å². The second-order valence-electron chi connectivity index (χ2n) is 7.00. The zero-order valence-corrected chi connectivity index (χ0v) is 16.7. The lowest BCUT2D eigenvalue weighted by atomic mass is 10.2. The Balaban J connectivity index is 1.26. The van der Waals surface area contributed by atoms with E-state index in [9.17, 15) is 4.79 Å². The molecule has 1 amide bonds. The Labute approximate surface area is 171 Å². The summed E-state index contributed by atoms with van der Waals surface area (Å²) >= 11 is 1.35. The molecule has 0 saturated carbocycles. The molecule has 2 aliphatic heterocycles. The maximum absolute atomic E-state index is 12.7. The van der Waals surface area contributed by atoms with E-state index in [4.69, 9.17) is 9.47 Å². The second kappa shape index (κ2) is 7.36. The summed E-state index contributed by atoms with van der Waals surface area (Å²) in [4.78, 5) is 24.5. The van der Waals surface area contributed by atoms with Crippen LogP contribution in [0.1, 0.15) is 16.1 Å². The largest absolute Gasteiger partial charge is 0.485 e.